The molecule has 0 spiro atoms. The highest BCUT2D eigenvalue weighted by atomic mass is 19.1. The van der Waals surface area contributed by atoms with Crippen LogP contribution in [0, 0.1) is 12.7 Å². The summed E-state index contributed by atoms with van der Waals surface area (Å²) in [6.45, 7) is 1.63. The molecule has 70 valence electrons. The minimum absolute atomic E-state index is 0.0330. The first-order chi connectivity index (χ1) is 6.19. The highest BCUT2D eigenvalue weighted by Gasteiger charge is 2.06. The van der Waals surface area contributed by atoms with Crippen molar-refractivity contribution in [2.45, 2.75) is 13.5 Å². The van der Waals surface area contributed by atoms with Crippen molar-refractivity contribution in [3.05, 3.63) is 34.6 Å². The summed E-state index contributed by atoms with van der Waals surface area (Å²) in [6, 6.07) is 2.72. The second-order valence-corrected chi connectivity index (χ2v) is 2.73. The quantitative estimate of drug-likeness (QED) is 0.568. The van der Waals surface area contributed by atoms with Gasteiger partial charge in [0.25, 0.3) is 0 Å². The van der Waals surface area contributed by atoms with Crippen molar-refractivity contribution in [2.24, 2.45) is 5.90 Å². The number of benzene rings is 1. The van der Waals surface area contributed by atoms with E-state index in [0.717, 1.165) is 0 Å². The maximum Gasteiger partial charge on any atom is 0.150 e. The Morgan fingerprint density at radius 2 is 2.31 bits per heavy atom. The summed E-state index contributed by atoms with van der Waals surface area (Å²) in [5, 5.41) is 0. The Kier molecular flexibility index (Phi) is 3.11. The van der Waals surface area contributed by atoms with Crippen LogP contribution in [0.3, 0.4) is 0 Å². The van der Waals surface area contributed by atoms with Gasteiger partial charge in [-0.25, -0.2) is 10.3 Å². The minimum atomic E-state index is -0.363. The first-order valence-corrected chi connectivity index (χ1v) is 3.75. The monoisotopic (exact) mass is 183 g/mol. The van der Waals surface area contributed by atoms with Crippen molar-refractivity contribution < 1.29 is 14.0 Å². The van der Waals surface area contributed by atoms with Crippen molar-refractivity contribution in [3.8, 4) is 0 Å². The smallest absolute Gasteiger partial charge is 0.150 e. The molecular formula is C9H10FNO2. The Labute approximate surface area is 75.3 Å². The fraction of sp³-hybridized carbons (Fsp3) is 0.222. The Balaban J connectivity index is 3.16. The summed E-state index contributed by atoms with van der Waals surface area (Å²) in [4.78, 5) is 14.9. The molecule has 0 saturated heterocycles. The maximum absolute atomic E-state index is 13.0. The van der Waals surface area contributed by atoms with Crippen molar-refractivity contribution in [3.63, 3.8) is 0 Å². The van der Waals surface area contributed by atoms with Gasteiger partial charge < -0.3 is 0 Å². The van der Waals surface area contributed by atoms with E-state index in [1.807, 2.05) is 0 Å². The first-order valence-electron chi connectivity index (χ1n) is 3.75. The number of rotatable bonds is 3. The second kappa shape index (κ2) is 4.11. The zero-order chi connectivity index (χ0) is 9.84. The zero-order valence-electron chi connectivity index (χ0n) is 7.21. The maximum atomic E-state index is 13.0. The third-order valence-corrected chi connectivity index (χ3v) is 1.79. The van der Waals surface area contributed by atoms with Gasteiger partial charge in [0.1, 0.15) is 12.1 Å². The molecular weight excluding hydrogens is 173 g/mol. The number of nitrogens with two attached hydrogens (primary N) is 1. The van der Waals surface area contributed by atoms with E-state index in [0.29, 0.717) is 23.0 Å². The Morgan fingerprint density at radius 3 is 2.85 bits per heavy atom. The molecule has 1 aromatic carbocycles. The van der Waals surface area contributed by atoms with Gasteiger partial charge in [-0.2, -0.15) is 0 Å². The Bertz CT molecular complexity index is 326. The molecule has 0 atom stereocenters. The van der Waals surface area contributed by atoms with Crippen molar-refractivity contribution in [1.82, 2.24) is 0 Å². The van der Waals surface area contributed by atoms with Gasteiger partial charge in [0.05, 0.1) is 6.61 Å². The van der Waals surface area contributed by atoms with E-state index >= 15 is 0 Å². The van der Waals surface area contributed by atoms with Crippen LogP contribution in [0.5, 0.6) is 0 Å². The van der Waals surface area contributed by atoms with Crippen molar-refractivity contribution >= 4 is 6.29 Å². The van der Waals surface area contributed by atoms with Gasteiger partial charge in [0.2, 0.25) is 0 Å². The predicted molar refractivity (Wildman–Crippen MR) is 45.5 cm³/mol. The molecule has 0 aliphatic carbocycles. The molecule has 0 fully saturated rings. The SMILES string of the molecule is Cc1cc(C=O)c(CON)cc1F. The van der Waals surface area contributed by atoms with E-state index < -0.39 is 0 Å². The van der Waals surface area contributed by atoms with Crippen LogP contribution in [0.15, 0.2) is 12.1 Å². The summed E-state index contributed by atoms with van der Waals surface area (Å²) in [5.74, 6) is 4.47. The van der Waals surface area contributed by atoms with Crippen molar-refractivity contribution in [1.29, 1.82) is 0 Å². The van der Waals surface area contributed by atoms with Gasteiger partial charge in [-0.3, -0.25) is 9.63 Å². The van der Waals surface area contributed by atoms with E-state index in [1.165, 1.54) is 12.1 Å². The van der Waals surface area contributed by atoms with E-state index in [-0.39, 0.29) is 12.4 Å². The third-order valence-electron chi connectivity index (χ3n) is 1.79. The number of carbonyl (C=O) groups is 1. The number of carbonyl (C=O) groups excluding carboxylic acids is 1. The average Bonchev–Trinajstić information content (AvgIpc) is 2.11. The van der Waals surface area contributed by atoms with E-state index in [4.69, 9.17) is 5.90 Å². The number of aldehydes is 1. The fourth-order valence-electron chi connectivity index (χ4n) is 1.07. The molecule has 0 radical (unpaired) electrons. The third kappa shape index (κ3) is 2.11. The minimum Gasteiger partial charge on any atom is -0.300 e. The van der Waals surface area contributed by atoms with Crippen LogP contribution in [-0.2, 0) is 11.4 Å². The number of hydrogen-bond donors (Lipinski definition) is 1. The van der Waals surface area contributed by atoms with Crippen LogP contribution < -0.4 is 5.90 Å². The molecule has 2 N–H and O–H groups in total. The Morgan fingerprint density at radius 1 is 1.62 bits per heavy atom. The second-order valence-electron chi connectivity index (χ2n) is 2.73. The lowest BCUT2D eigenvalue weighted by Crippen LogP contribution is -2.03. The topological polar surface area (TPSA) is 52.3 Å². The summed E-state index contributed by atoms with van der Waals surface area (Å²) in [7, 11) is 0. The molecule has 0 bridgehead atoms. The first kappa shape index (κ1) is 9.83. The standard InChI is InChI=1S/C9H10FNO2/c1-6-2-7(4-12)8(5-13-11)3-9(6)10/h2-4H,5,11H2,1H3. The molecule has 3 nitrogen and oxygen atoms in total. The molecule has 1 rings (SSSR count). The summed E-state index contributed by atoms with van der Waals surface area (Å²) in [6.07, 6.45) is 0.654. The lowest BCUT2D eigenvalue weighted by molar-refractivity contribution is 0.110. The summed E-state index contributed by atoms with van der Waals surface area (Å²) >= 11 is 0. The molecule has 0 saturated carbocycles. The Hall–Kier alpha value is -1.26. The number of aryl methyl sites for hydroxylation is 1. The molecule has 13 heavy (non-hydrogen) atoms. The summed E-state index contributed by atoms with van der Waals surface area (Å²) < 4.78 is 13.0. The van der Waals surface area contributed by atoms with Gasteiger partial charge in [-0.15, -0.1) is 0 Å². The molecule has 1 aromatic rings. The summed E-state index contributed by atoms with van der Waals surface area (Å²) in [5.41, 5.74) is 1.30. The fourth-order valence-corrected chi connectivity index (χ4v) is 1.07. The molecule has 0 aliphatic rings. The van der Waals surface area contributed by atoms with Crippen LogP contribution in [0.4, 0.5) is 4.39 Å². The van der Waals surface area contributed by atoms with Gasteiger partial charge >= 0.3 is 0 Å². The molecule has 4 heteroatoms. The number of hydrogen-bond acceptors (Lipinski definition) is 3. The zero-order valence-corrected chi connectivity index (χ0v) is 7.21. The van der Waals surface area contributed by atoms with Crippen LogP contribution in [-0.4, -0.2) is 6.29 Å². The molecule has 0 unspecified atom stereocenters. The number of halogens is 1. The average molecular weight is 183 g/mol. The van der Waals surface area contributed by atoms with E-state index in [1.54, 1.807) is 6.92 Å². The largest absolute Gasteiger partial charge is 0.300 e. The highest BCUT2D eigenvalue weighted by molar-refractivity contribution is 5.77. The van der Waals surface area contributed by atoms with E-state index in [2.05, 4.69) is 4.84 Å². The lowest BCUT2D eigenvalue weighted by Gasteiger charge is -2.05. The normalized spacial score (nSPS) is 10.1. The molecule has 0 aromatic heterocycles. The van der Waals surface area contributed by atoms with Gasteiger partial charge in [-0.05, 0) is 30.2 Å². The van der Waals surface area contributed by atoms with Crippen LogP contribution in [0.25, 0.3) is 0 Å². The highest BCUT2D eigenvalue weighted by Crippen LogP contribution is 2.14. The molecule has 0 aliphatic heterocycles. The lowest BCUT2D eigenvalue weighted by atomic mass is 10.1. The van der Waals surface area contributed by atoms with E-state index in [9.17, 15) is 9.18 Å². The molecule has 0 heterocycles. The van der Waals surface area contributed by atoms with Crippen molar-refractivity contribution in [2.75, 3.05) is 0 Å². The predicted octanol–water partition coefficient (Wildman–Crippen LogP) is 1.34. The van der Waals surface area contributed by atoms with Crippen LogP contribution in [0.2, 0.25) is 0 Å². The van der Waals surface area contributed by atoms with Gasteiger partial charge in [-0.1, -0.05) is 0 Å². The molecule has 0 amide bonds. The van der Waals surface area contributed by atoms with Gasteiger partial charge in [0, 0.05) is 5.56 Å². The van der Waals surface area contributed by atoms with Crippen LogP contribution in [0.1, 0.15) is 21.5 Å². The van der Waals surface area contributed by atoms with Crippen LogP contribution >= 0.6 is 0 Å². The van der Waals surface area contributed by atoms with Gasteiger partial charge in [0.15, 0.2) is 0 Å².